The van der Waals surface area contributed by atoms with Gasteiger partial charge in [0.1, 0.15) is 0 Å². The lowest BCUT2D eigenvalue weighted by atomic mass is 10.4. The maximum absolute atomic E-state index is 11.4. The van der Waals surface area contributed by atoms with Gasteiger partial charge in [-0.25, -0.2) is 8.42 Å². The molecule has 1 aliphatic heterocycles. The van der Waals surface area contributed by atoms with E-state index in [1.54, 1.807) is 12.1 Å². The molecule has 0 unspecified atom stereocenters. The maximum Gasteiger partial charge on any atom is 0.152 e. The third-order valence-corrected chi connectivity index (χ3v) is 6.67. The SMILES string of the molecule is O=S1(=O)C[C@@H](Cl)[C@H](Sc2ccc(Cl)cc2)C1. The Morgan fingerprint density at radius 2 is 1.81 bits per heavy atom. The predicted molar refractivity (Wildman–Crippen MR) is 69.4 cm³/mol. The van der Waals surface area contributed by atoms with Crippen molar-refractivity contribution in [1.82, 2.24) is 0 Å². The van der Waals surface area contributed by atoms with Crippen LogP contribution in [-0.2, 0) is 9.84 Å². The van der Waals surface area contributed by atoms with E-state index >= 15 is 0 Å². The van der Waals surface area contributed by atoms with Gasteiger partial charge in [0, 0.05) is 15.2 Å². The molecule has 0 saturated carbocycles. The molecule has 2 rings (SSSR count). The number of alkyl halides is 1. The van der Waals surface area contributed by atoms with Crippen LogP contribution in [0.4, 0.5) is 0 Å². The largest absolute Gasteiger partial charge is 0.229 e. The van der Waals surface area contributed by atoms with E-state index in [1.807, 2.05) is 12.1 Å². The Morgan fingerprint density at radius 3 is 2.31 bits per heavy atom. The lowest BCUT2D eigenvalue weighted by Crippen LogP contribution is -2.13. The molecule has 2 atom stereocenters. The molecule has 0 radical (unpaired) electrons. The molecular weight excluding hydrogens is 287 g/mol. The highest BCUT2D eigenvalue weighted by Gasteiger charge is 2.36. The molecule has 88 valence electrons. The highest BCUT2D eigenvalue weighted by molar-refractivity contribution is 8.02. The van der Waals surface area contributed by atoms with E-state index in [1.165, 1.54) is 11.8 Å². The van der Waals surface area contributed by atoms with Crippen LogP contribution in [-0.4, -0.2) is 30.6 Å². The van der Waals surface area contributed by atoms with Crippen molar-refractivity contribution in [2.45, 2.75) is 15.5 Å². The summed E-state index contributed by atoms with van der Waals surface area (Å²) in [6, 6.07) is 7.33. The number of halogens is 2. The van der Waals surface area contributed by atoms with Crippen molar-refractivity contribution in [1.29, 1.82) is 0 Å². The zero-order chi connectivity index (χ0) is 11.8. The average molecular weight is 297 g/mol. The minimum atomic E-state index is -2.95. The second-order valence-electron chi connectivity index (χ2n) is 3.70. The number of sulfone groups is 1. The van der Waals surface area contributed by atoms with E-state index < -0.39 is 9.84 Å². The first-order valence-electron chi connectivity index (χ1n) is 4.73. The molecule has 0 amide bonds. The van der Waals surface area contributed by atoms with E-state index in [9.17, 15) is 8.42 Å². The summed E-state index contributed by atoms with van der Waals surface area (Å²) in [5.41, 5.74) is 0. The molecule has 1 aromatic rings. The Bertz CT molecular complexity index is 470. The van der Waals surface area contributed by atoms with Crippen LogP contribution in [0.2, 0.25) is 5.02 Å². The van der Waals surface area contributed by atoms with Gasteiger partial charge in [0.05, 0.1) is 16.9 Å². The normalized spacial score (nSPS) is 28.1. The summed E-state index contributed by atoms with van der Waals surface area (Å²) in [6.07, 6.45) is 0. The molecule has 0 aliphatic carbocycles. The van der Waals surface area contributed by atoms with Crippen molar-refractivity contribution in [3.8, 4) is 0 Å². The standard InChI is InChI=1S/C10H10Cl2O2S2/c11-7-1-3-8(4-2-7)15-10-6-16(13,14)5-9(10)12/h1-4,9-10H,5-6H2/t9-,10-/m1/s1. The van der Waals surface area contributed by atoms with Crippen LogP contribution in [0.15, 0.2) is 29.2 Å². The molecule has 2 nitrogen and oxygen atoms in total. The molecule has 1 aliphatic rings. The van der Waals surface area contributed by atoms with Crippen molar-refractivity contribution in [3.63, 3.8) is 0 Å². The number of rotatable bonds is 2. The van der Waals surface area contributed by atoms with Gasteiger partial charge < -0.3 is 0 Å². The second-order valence-corrected chi connectivity index (χ2v) is 8.17. The first-order chi connectivity index (χ1) is 7.46. The molecule has 6 heteroatoms. The van der Waals surface area contributed by atoms with Crippen molar-refractivity contribution in [2.75, 3.05) is 11.5 Å². The lowest BCUT2D eigenvalue weighted by Gasteiger charge is -2.11. The molecule has 1 fully saturated rings. The summed E-state index contributed by atoms with van der Waals surface area (Å²) < 4.78 is 22.8. The van der Waals surface area contributed by atoms with E-state index in [4.69, 9.17) is 23.2 Å². The summed E-state index contributed by atoms with van der Waals surface area (Å²) in [4.78, 5) is 0.997. The maximum atomic E-state index is 11.4. The van der Waals surface area contributed by atoms with Gasteiger partial charge in [0.25, 0.3) is 0 Å². The Balaban J connectivity index is 2.08. The molecule has 0 N–H and O–H groups in total. The van der Waals surface area contributed by atoms with Gasteiger partial charge in [-0.3, -0.25) is 0 Å². The van der Waals surface area contributed by atoms with Crippen LogP contribution < -0.4 is 0 Å². The predicted octanol–water partition coefficient (Wildman–Crippen LogP) is 2.84. The smallest absolute Gasteiger partial charge is 0.152 e. The van der Waals surface area contributed by atoms with Crippen molar-refractivity contribution < 1.29 is 8.42 Å². The Labute approximate surface area is 109 Å². The quantitative estimate of drug-likeness (QED) is 0.787. The fraction of sp³-hybridized carbons (Fsp3) is 0.400. The van der Waals surface area contributed by atoms with E-state index in [2.05, 4.69) is 0 Å². The van der Waals surface area contributed by atoms with E-state index in [0.717, 1.165) is 4.90 Å². The number of hydrogen-bond donors (Lipinski definition) is 0. The van der Waals surface area contributed by atoms with Crippen LogP contribution >= 0.6 is 35.0 Å². The summed E-state index contributed by atoms with van der Waals surface area (Å²) in [7, 11) is -2.95. The van der Waals surface area contributed by atoms with Crippen LogP contribution in [0.3, 0.4) is 0 Å². The molecule has 1 aromatic carbocycles. The summed E-state index contributed by atoms with van der Waals surface area (Å²) in [6.45, 7) is 0. The molecule has 1 heterocycles. The van der Waals surface area contributed by atoms with Crippen LogP contribution in [0, 0.1) is 0 Å². The van der Waals surface area contributed by atoms with Crippen LogP contribution in [0.5, 0.6) is 0 Å². The number of hydrogen-bond acceptors (Lipinski definition) is 3. The average Bonchev–Trinajstić information content (AvgIpc) is 2.44. The van der Waals surface area contributed by atoms with Crippen molar-refractivity contribution in [2.24, 2.45) is 0 Å². The third kappa shape index (κ3) is 3.06. The summed E-state index contributed by atoms with van der Waals surface area (Å²) in [5, 5.41) is 0.310. The van der Waals surface area contributed by atoms with Gasteiger partial charge in [-0.15, -0.1) is 23.4 Å². The molecule has 16 heavy (non-hydrogen) atoms. The van der Waals surface area contributed by atoms with Crippen LogP contribution in [0.1, 0.15) is 0 Å². The van der Waals surface area contributed by atoms with Gasteiger partial charge in [-0.2, -0.15) is 0 Å². The van der Waals surface area contributed by atoms with Crippen molar-refractivity contribution in [3.05, 3.63) is 29.3 Å². The monoisotopic (exact) mass is 296 g/mol. The van der Waals surface area contributed by atoms with Gasteiger partial charge >= 0.3 is 0 Å². The van der Waals surface area contributed by atoms with Gasteiger partial charge in [0.15, 0.2) is 9.84 Å². The lowest BCUT2D eigenvalue weighted by molar-refractivity contribution is 0.602. The topological polar surface area (TPSA) is 34.1 Å². The Hall–Kier alpha value is 0.1000. The number of benzene rings is 1. The number of thioether (sulfide) groups is 1. The zero-order valence-electron chi connectivity index (χ0n) is 8.27. The minimum absolute atomic E-state index is 0.0622. The first-order valence-corrected chi connectivity index (χ1v) is 8.24. The highest BCUT2D eigenvalue weighted by Crippen LogP contribution is 2.34. The molecular formula is C10H10Cl2O2S2. The first kappa shape index (κ1) is 12.6. The molecule has 1 saturated heterocycles. The summed E-state index contributed by atoms with van der Waals surface area (Å²) >= 11 is 13.3. The fourth-order valence-corrected chi connectivity index (χ4v) is 6.11. The van der Waals surface area contributed by atoms with Gasteiger partial charge in [-0.1, -0.05) is 11.6 Å². The Kier molecular flexibility index (Phi) is 3.74. The third-order valence-electron chi connectivity index (χ3n) is 2.34. The van der Waals surface area contributed by atoms with Gasteiger partial charge in [-0.05, 0) is 24.3 Å². The highest BCUT2D eigenvalue weighted by atomic mass is 35.5. The van der Waals surface area contributed by atoms with Crippen molar-refractivity contribution >= 4 is 44.8 Å². The fourth-order valence-electron chi connectivity index (χ4n) is 1.57. The minimum Gasteiger partial charge on any atom is -0.229 e. The molecule has 0 bridgehead atoms. The summed E-state index contributed by atoms with van der Waals surface area (Å²) in [5.74, 6) is 0.244. The zero-order valence-corrected chi connectivity index (χ0v) is 11.4. The molecule has 0 spiro atoms. The molecule has 0 aromatic heterocycles. The second kappa shape index (κ2) is 4.77. The van der Waals surface area contributed by atoms with Gasteiger partial charge in [0.2, 0.25) is 0 Å². The Morgan fingerprint density at radius 1 is 1.19 bits per heavy atom. The van der Waals surface area contributed by atoms with E-state index in [0.29, 0.717) is 5.02 Å². The van der Waals surface area contributed by atoms with Crippen LogP contribution in [0.25, 0.3) is 0 Å². The van der Waals surface area contributed by atoms with E-state index in [-0.39, 0.29) is 22.1 Å².